The molecule has 0 radical (unpaired) electrons. The highest BCUT2D eigenvalue weighted by Gasteiger charge is 2.49. The first-order valence-electron chi connectivity index (χ1n) is 7.70. The Bertz CT molecular complexity index is 513. The Kier molecular flexibility index (Phi) is 2.33. The van der Waals surface area contributed by atoms with Crippen molar-refractivity contribution in [3.63, 3.8) is 0 Å². The highest BCUT2D eigenvalue weighted by atomic mass is 15.1. The van der Waals surface area contributed by atoms with E-state index >= 15 is 0 Å². The Morgan fingerprint density at radius 2 is 2.16 bits per heavy atom. The lowest BCUT2D eigenvalue weighted by molar-refractivity contribution is 0.164. The van der Waals surface area contributed by atoms with E-state index in [1.807, 2.05) is 0 Å². The molecule has 2 N–H and O–H groups in total. The summed E-state index contributed by atoms with van der Waals surface area (Å²) in [7, 11) is 0. The lowest BCUT2D eigenvalue weighted by Gasteiger charge is -2.44. The van der Waals surface area contributed by atoms with Crippen LogP contribution in [0.25, 0.3) is 0 Å². The molecule has 0 spiro atoms. The minimum atomic E-state index is 0.218. The van der Waals surface area contributed by atoms with Crippen LogP contribution in [-0.2, 0) is 0 Å². The van der Waals surface area contributed by atoms with E-state index in [9.17, 15) is 0 Å². The Hall–Kier alpha value is -1.02. The predicted octanol–water partition coefficient (Wildman–Crippen LogP) is 2.75. The second kappa shape index (κ2) is 3.76. The van der Waals surface area contributed by atoms with Gasteiger partial charge in [-0.1, -0.05) is 31.6 Å². The summed E-state index contributed by atoms with van der Waals surface area (Å²) in [5.74, 6) is 2.14. The van der Waals surface area contributed by atoms with Crippen LogP contribution < -0.4 is 10.6 Å². The fraction of sp³-hybridized carbons (Fsp3) is 0.647. The van der Waals surface area contributed by atoms with Gasteiger partial charge in [-0.3, -0.25) is 0 Å². The molecule has 0 aromatic rings. The second-order valence-corrected chi connectivity index (χ2v) is 7.16. The van der Waals surface area contributed by atoms with E-state index in [1.165, 1.54) is 24.1 Å². The molecule has 2 nitrogen and oxygen atoms in total. The Balaban J connectivity index is 1.91. The van der Waals surface area contributed by atoms with Crippen LogP contribution in [0.1, 0.15) is 33.6 Å². The first-order chi connectivity index (χ1) is 9.08. The molecular formula is C17H24N2. The van der Waals surface area contributed by atoms with Gasteiger partial charge in [0.1, 0.15) is 0 Å². The van der Waals surface area contributed by atoms with Crippen molar-refractivity contribution < 1.29 is 0 Å². The zero-order valence-corrected chi connectivity index (χ0v) is 12.2. The van der Waals surface area contributed by atoms with Crippen molar-refractivity contribution in [1.29, 1.82) is 0 Å². The standard InChI is InChI=1S/C17H24N2/c1-10-14-7-13-9-17(3)11(2)16(10)19-15(14)8-12(13)5-4-6-18-17/h4-5,8,10-11,14,16,18-19H,6-7,9H2,1-3H3/b5-4-. The normalized spacial score (nSPS) is 49.1. The molecule has 2 aliphatic carbocycles. The van der Waals surface area contributed by atoms with Crippen LogP contribution in [0.15, 0.2) is 35.1 Å². The molecule has 0 amide bonds. The van der Waals surface area contributed by atoms with E-state index in [0.29, 0.717) is 12.0 Å². The third-order valence-corrected chi connectivity index (χ3v) is 6.16. The van der Waals surface area contributed by atoms with Gasteiger partial charge in [-0.05, 0) is 43.3 Å². The molecule has 4 aliphatic rings. The molecule has 5 atom stereocenters. The van der Waals surface area contributed by atoms with Crippen LogP contribution >= 0.6 is 0 Å². The molecule has 1 saturated heterocycles. The van der Waals surface area contributed by atoms with Crippen LogP contribution in [-0.4, -0.2) is 18.1 Å². The molecule has 2 aliphatic heterocycles. The van der Waals surface area contributed by atoms with Gasteiger partial charge in [0.05, 0.1) is 0 Å². The Labute approximate surface area is 116 Å². The molecule has 2 heteroatoms. The molecule has 5 unspecified atom stereocenters. The fourth-order valence-electron chi connectivity index (χ4n) is 4.68. The summed E-state index contributed by atoms with van der Waals surface area (Å²) in [6.07, 6.45) is 9.51. The quantitative estimate of drug-likeness (QED) is 0.696. The number of rotatable bonds is 0. The maximum Gasteiger partial charge on any atom is 0.0333 e. The summed E-state index contributed by atoms with van der Waals surface area (Å²) < 4.78 is 0. The highest BCUT2D eigenvalue weighted by molar-refractivity contribution is 5.46. The summed E-state index contributed by atoms with van der Waals surface area (Å²) >= 11 is 0. The maximum atomic E-state index is 3.85. The summed E-state index contributed by atoms with van der Waals surface area (Å²) in [4.78, 5) is 0. The van der Waals surface area contributed by atoms with Crippen molar-refractivity contribution in [2.45, 2.75) is 45.2 Å². The summed E-state index contributed by atoms with van der Waals surface area (Å²) in [6, 6.07) is 0.618. The van der Waals surface area contributed by atoms with E-state index in [1.54, 1.807) is 5.57 Å². The minimum Gasteiger partial charge on any atom is -0.385 e. The van der Waals surface area contributed by atoms with Crippen molar-refractivity contribution in [1.82, 2.24) is 10.6 Å². The maximum absolute atomic E-state index is 3.85. The van der Waals surface area contributed by atoms with Gasteiger partial charge in [-0.25, -0.2) is 0 Å². The minimum absolute atomic E-state index is 0.218. The average Bonchev–Trinajstić information content (AvgIpc) is 2.70. The number of hydrogen-bond donors (Lipinski definition) is 2. The highest BCUT2D eigenvalue weighted by Crippen LogP contribution is 2.49. The number of allylic oxidation sites excluding steroid dienone is 4. The first-order valence-corrected chi connectivity index (χ1v) is 7.70. The molecule has 1 saturated carbocycles. The van der Waals surface area contributed by atoms with Gasteiger partial charge in [-0.2, -0.15) is 0 Å². The lowest BCUT2D eigenvalue weighted by Crippen LogP contribution is -2.55. The van der Waals surface area contributed by atoms with E-state index in [0.717, 1.165) is 18.4 Å². The summed E-state index contributed by atoms with van der Waals surface area (Å²) in [5.41, 5.74) is 4.86. The van der Waals surface area contributed by atoms with Gasteiger partial charge >= 0.3 is 0 Å². The number of hydrogen-bond acceptors (Lipinski definition) is 2. The molecular weight excluding hydrogens is 232 g/mol. The van der Waals surface area contributed by atoms with Crippen LogP contribution in [0.3, 0.4) is 0 Å². The van der Waals surface area contributed by atoms with Crippen LogP contribution in [0, 0.1) is 17.8 Å². The van der Waals surface area contributed by atoms with E-state index in [4.69, 9.17) is 0 Å². The molecule has 4 bridgehead atoms. The number of fused-ring (bicyclic) bond motifs is 2. The molecule has 2 fully saturated rings. The van der Waals surface area contributed by atoms with Crippen molar-refractivity contribution in [2.75, 3.05) is 6.54 Å². The van der Waals surface area contributed by atoms with Gasteiger partial charge in [-0.15, -0.1) is 0 Å². The molecule has 0 aromatic carbocycles. The molecule has 2 heterocycles. The summed E-state index contributed by atoms with van der Waals surface area (Å²) in [5, 5.41) is 7.66. The number of nitrogens with one attached hydrogen (secondary N) is 2. The van der Waals surface area contributed by atoms with Gasteiger partial charge < -0.3 is 10.6 Å². The van der Waals surface area contributed by atoms with Gasteiger partial charge in [0.15, 0.2) is 0 Å². The lowest BCUT2D eigenvalue weighted by atomic mass is 9.66. The average molecular weight is 256 g/mol. The zero-order valence-electron chi connectivity index (χ0n) is 12.2. The molecule has 0 aromatic heterocycles. The molecule has 4 rings (SSSR count). The SMILES string of the molecule is CC1C2CC3=C4C=C2NC1C(C)C(C)(C3)NC/C=C\4. The van der Waals surface area contributed by atoms with E-state index in [-0.39, 0.29) is 5.54 Å². The van der Waals surface area contributed by atoms with Gasteiger partial charge in [0, 0.05) is 29.7 Å². The van der Waals surface area contributed by atoms with Crippen molar-refractivity contribution >= 4 is 0 Å². The Morgan fingerprint density at radius 3 is 3.00 bits per heavy atom. The smallest absolute Gasteiger partial charge is 0.0333 e. The first kappa shape index (κ1) is 11.8. The largest absolute Gasteiger partial charge is 0.385 e. The van der Waals surface area contributed by atoms with Crippen LogP contribution in [0.2, 0.25) is 0 Å². The van der Waals surface area contributed by atoms with E-state index < -0.39 is 0 Å². The van der Waals surface area contributed by atoms with Crippen molar-refractivity contribution in [3.05, 3.63) is 35.1 Å². The summed E-state index contributed by atoms with van der Waals surface area (Å²) in [6.45, 7) is 8.29. The molecule has 102 valence electrons. The van der Waals surface area contributed by atoms with Crippen molar-refractivity contribution in [2.24, 2.45) is 17.8 Å². The monoisotopic (exact) mass is 256 g/mol. The zero-order chi connectivity index (χ0) is 13.2. The second-order valence-electron chi connectivity index (χ2n) is 7.16. The predicted molar refractivity (Wildman–Crippen MR) is 78.6 cm³/mol. The van der Waals surface area contributed by atoms with Gasteiger partial charge in [0.25, 0.3) is 0 Å². The van der Waals surface area contributed by atoms with E-state index in [2.05, 4.69) is 49.6 Å². The third-order valence-electron chi connectivity index (χ3n) is 6.16. The van der Waals surface area contributed by atoms with Crippen LogP contribution in [0.4, 0.5) is 0 Å². The van der Waals surface area contributed by atoms with Crippen LogP contribution in [0.5, 0.6) is 0 Å². The topological polar surface area (TPSA) is 24.1 Å². The Morgan fingerprint density at radius 1 is 1.32 bits per heavy atom. The third kappa shape index (κ3) is 1.53. The van der Waals surface area contributed by atoms with Crippen molar-refractivity contribution in [3.8, 4) is 0 Å². The molecule has 19 heavy (non-hydrogen) atoms. The fourth-order valence-corrected chi connectivity index (χ4v) is 4.68. The van der Waals surface area contributed by atoms with Gasteiger partial charge in [0.2, 0.25) is 0 Å².